The molecule has 26 heavy (non-hydrogen) atoms. The van der Waals surface area contributed by atoms with Crippen molar-refractivity contribution in [1.29, 1.82) is 0 Å². The van der Waals surface area contributed by atoms with Crippen LogP contribution in [0.3, 0.4) is 0 Å². The highest BCUT2D eigenvalue weighted by Gasteiger charge is 2.27. The number of aryl methyl sites for hydroxylation is 1. The molecule has 1 aromatic carbocycles. The van der Waals surface area contributed by atoms with Crippen LogP contribution in [0.25, 0.3) is 0 Å². The van der Waals surface area contributed by atoms with Gasteiger partial charge in [-0.25, -0.2) is 0 Å². The van der Waals surface area contributed by atoms with Gasteiger partial charge in [0.15, 0.2) is 0 Å². The first-order valence-corrected chi connectivity index (χ1v) is 8.89. The summed E-state index contributed by atoms with van der Waals surface area (Å²) in [6.07, 6.45) is 5.05. The number of piperidine rings is 1. The maximum absolute atomic E-state index is 12.6. The van der Waals surface area contributed by atoms with Crippen molar-refractivity contribution >= 4 is 11.8 Å². The molecule has 1 atom stereocenters. The van der Waals surface area contributed by atoms with Crippen LogP contribution in [0.5, 0.6) is 0 Å². The number of nitrogens with zero attached hydrogens (tertiary/aromatic N) is 3. The summed E-state index contributed by atoms with van der Waals surface area (Å²) in [4.78, 5) is 26.9. The lowest BCUT2D eigenvalue weighted by molar-refractivity contribution is -0.124. The molecule has 0 bridgehead atoms. The fourth-order valence-corrected chi connectivity index (χ4v) is 3.31. The molecular weight excluding hydrogens is 330 g/mol. The maximum Gasteiger partial charge on any atom is 0.253 e. The van der Waals surface area contributed by atoms with E-state index in [-0.39, 0.29) is 17.9 Å². The molecule has 0 spiro atoms. The van der Waals surface area contributed by atoms with E-state index in [2.05, 4.69) is 15.7 Å². The first-order valence-electron chi connectivity index (χ1n) is 8.89. The van der Waals surface area contributed by atoms with E-state index in [4.69, 9.17) is 0 Å². The van der Waals surface area contributed by atoms with Gasteiger partial charge >= 0.3 is 0 Å². The molecule has 1 saturated heterocycles. The topological polar surface area (TPSA) is 79.3 Å². The number of carbonyl (C=O) groups excluding carboxylic acids is 2. The van der Waals surface area contributed by atoms with Crippen molar-refractivity contribution in [2.75, 3.05) is 20.1 Å². The minimum absolute atomic E-state index is 0.0545. The molecule has 138 valence electrons. The molecule has 7 heteroatoms. The number of likely N-dealkylation sites (N-methyl/N-ethyl adjacent to an activating group) is 1. The molecule has 2 heterocycles. The Morgan fingerprint density at radius 3 is 2.46 bits per heavy atom. The van der Waals surface area contributed by atoms with Gasteiger partial charge in [0.05, 0.1) is 6.20 Å². The van der Waals surface area contributed by atoms with E-state index in [1.54, 1.807) is 17.9 Å². The van der Waals surface area contributed by atoms with Crippen LogP contribution in [0.2, 0.25) is 0 Å². The van der Waals surface area contributed by atoms with Crippen molar-refractivity contribution in [2.45, 2.75) is 24.9 Å². The summed E-state index contributed by atoms with van der Waals surface area (Å²) in [7, 11) is 3.59. The lowest BCUT2D eigenvalue weighted by Gasteiger charge is -2.33. The predicted octanol–water partition coefficient (Wildman–Crippen LogP) is 1.10. The maximum atomic E-state index is 12.6. The smallest absolute Gasteiger partial charge is 0.253 e. The highest BCUT2D eigenvalue weighted by Crippen LogP contribution is 2.16. The number of hydrogen-bond donors (Lipinski definition) is 2. The van der Waals surface area contributed by atoms with E-state index in [1.807, 2.05) is 48.5 Å². The normalized spacial score (nSPS) is 16.3. The molecule has 0 aliphatic carbocycles. The van der Waals surface area contributed by atoms with Crippen LogP contribution in [0.4, 0.5) is 0 Å². The largest absolute Gasteiger partial charge is 0.352 e. The highest BCUT2D eigenvalue weighted by atomic mass is 16.2. The molecule has 1 aliphatic rings. The first-order chi connectivity index (χ1) is 12.6. The van der Waals surface area contributed by atoms with E-state index >= 15 is 0 Å². The van der Waals surface area contributed by atoms with E-state index in [9.17, 15) is 9.59 Å². The number of amides is 2. The number of hydrogen-bond acceptors (Lipinski definition) is 4. The molecule has 2 aromatic rings. The van der Waals surface area contributed by atoms with Crippen molar-refractivity contribution in [3.05, 3.63) is 53.9 Å². The minimum atomic E-state index is -0.423. The predicted molar refractivity (Wildman–Crippen MR) is 98.5 cm³/mol. The number of nitrogens with one attached hydrogen (secondary N) is 2. The van der Waals surface area contributed by atoms with Gasteiger partial charge in [-0.15, -0.1) is 0 Å². The Morgan fingerprint density at radius 1 is 1.19 bits per heavy atom. The van der Waals surface area contributed by atoms with Crippen LogP contribution in [0, 0.1) is 0 Å². The number of aromatic nitrogens is 2. The summed E-state index contributed by atoms with van der Waals surface area (Å²) >= 11 is 0. The van der Waals surface area contributed by atoms with E-state index in [0.717, 1.165) is 18.4 Å². The average Bonchev–Trinajstić information content (AvgIpc) is 3.09. The first kappa shape index (κ1) is 18.1. The lowest BCUT2D eigenvalue weighted by Crippen LogP contribution is -2.48. The molecular formula is C19H25N5O2. The number of carbonyl (C=O) groups is 2. The zero-order valence-corrected chi connectivity index (χ0v) is 15.2. The van der Waals surface area contributed by atoms with E-state index in [0.29, 0.717) is 18.7 Å². The highest BCUT2D eigenvalue weighted by molar-refractivity contribution is 5.94. The average molecular weight is 355 g/mol. The van der Waals surface area contributed by atoms with Crippen molar-refractivity contribution in [3.8, 4) is 0 Å². The Kier molecular flexibility index (Phi) is 5.68. The summed E-state index contributed by atoms with van der Waals surface area (Å²) < 4.78 is 1.68. The van der Waals surface area contributed by atoms with Crippen molar-refractivity contribution < 1.29 is 9.59 Å². The van der Waals surface area contributed by atoms with Crippen LogP contribution in [-0.4, -0.2) is 52.7 Å². The zero-order chi connectivity index (χ0) is 18.5. The second kappa shape index (κ2) is 8.14. The Bertz CT molecular complexity index is 750. The third-order valence-electron chi connectivity index (χ3n) is 4.76. The standard InChI is InChI=1S/C19H25N5O2/c1-20-17(15-12-21-23(2)13-15)18(25)22-16-8-10-24(11-9-16)19(26)14-6-4-3-5-7-14/h3-7,12-13,16-17,20H,8-11H2,1-2H3,(H,22,25). The van der Waals surface area contributed by atoms with E-state index < -0.39 is 6.04 Å². The van der Waals surface area contributed by atoms with Crippen LogP contribution in [-0.2, 0) is 11.8 Å². The Morgan fingerprint density at radius 2 is 1.88 bits per heavy atom. The summed E-state index contributed by atoms with van der Waals surface area (Å²) in [6.45, 7) is 1.30. The van der Waals surface area contributed by atoms with Crippen LogP contribution >= 0.6 is 0 Å². The SMILES string of the molecule is CNC(C(=O)NC1CCN(C(=O)c2ccccc2)CC1)c1cnn(C)c1. The third-order valence-corrected chi connectivity index (χ3v) is 4.76. The fourth-order valence-electron chi connectivity index (χ4n) is 3.31. The van der Waals surface area contributed by atoms with Crippen LogP contribution < -0.4 is 10.6 Å². The van der Waals surface area contributed by atoms with Gasteiger partial charge in [0.2, 0.25) is 5.91 Å². The summed E-state index contributed by atoms with van der Waals surface area (Å²) in [5.41, 5.74) is 1.55. The van der Waals surface area contributed by atoms with Gasteiger partial charge in [0.1, 0.15) is 6.04 Å². The molecule has 1 fully saturated rings. The molecule has 2 amide bonds. The van der Waals surface area contributed by atoms with Gasteiger partial charge in [-0.2, -0.15) is 5.10 Å². The molecule has 0 radical (unpaired) electrons. The number of rotatable bonds is 5. The third kappa shape index (κ3) is 4.11. The monoisotopic (exact) mass is 355 g/mol. The zero-order valence-electron chi connectivity index (χ0n) is 15.2. The number of benzene rings is 1. The van der Waals surface area contributed by atoms with Gasteiger partial charge in [-0.05, 0) is 32.0 Å². The van der Waals surface area contributed by atoms with Crippen LogP contribution in [0.1, 0.15) is 34.8 Å². The second-order valence-electron chi connectivity index (χ2n) is 6.61. The van der Waals surface area contributed by atoms with E-state index in [1.165, 1.54) is 0 Å². The Labute approximate surface area is 153 Å². The molecule has 7 nitrogen and oxygen atoms in total. The van der Waals surface area contributed by atoms with Crippen molar-refractivity contribution in [3.63, 3.8) is 0 Å². The molecule has 1 aromatic heterocycles. The summed E-state index contributed by atoms with van der Waals surface area (Å²) in [5.74, 6) is -0.00725. The molecule has 1 aliphatic heterocycles. The molecule has 0 saturated carbocycles. The van der Waals surface area contributed by atoms with Crippen LogP contribution in [0.15, 0.2) is 42.7 Å². The van der Waals surface area contributed by atoms with Gasteiger partial charge in [-0.1, -0.05) is 18.2 Å². The molecule has 2 N–H and O–H groups in total. The summed E-state index contributed by atoms with van der Waals surface area (Å²) in [6, 6.07) is 8.97. The minimum Gasteiger partial charge on any atom is -0.352 e. The second-order valence-corrected chi connectivity index (χ2v) is 6.61. The van der Waals surface area contributed by atoms with Gasteiger partial charge in [-0.3, -0.25) is 14.3 Å². The lowest BCUT2D eigenvalue weighted by atomic mass is 10.0. The van der Waals surface area contributed by atoms with Gasteiger partial charge < -0.3 is 15.5 Å². The van der Waals surface area contributed by atoms with Crippen molar-refractivity contribution in [2.24, 2.45) is 7.05 Å². The van der Waals surface area contributed by atoms with Gasteiger partial charge in [0.25, 0.3) is 5.91 Å². The molecule has 3 rings (SSSR count). The number of likely N-dealkylation sites (tertiary alicyclic amines) is 1. The fraction of sp³-hybridized carbons (Fsp3) is 0.421. The van der Waals surface area contributed by atoms with Gasteiger partial charge in [0, 0.05) is 43.5 Å². The Hall–Kier alpha value is -2.67. The molecule has 1 unspecified atom stereocenters. The summed E-state index contributed by atoms with van der Waals surface area (Å²) in [5, 5.41) is 10.3. The Balaban J connectivity index is 1.53. The quantitative estimate of drug-likeness (QED) is 0.842. The van der Waals surface area contributed by atoms with Crippen molar-refractivity contribution in [1.82, 2.24) is 25.3 Å².